The lowest BCUT2D eigenvalue weighted by Crippen LogP contribution is -2.34. The normalized spacial score (nSPS) is 16.4. The van der Waals surface area contributed by atoms with Crippen molar-refractivity contribution in [1.82, 2.24) is 15.1 Å². The number of hydrogen-bond donors (Lipinski definition) is 2. The number of aliphatic carboxylic acids is 1. The van der Waals surface area contributed by atoms with Crippen molar-refractivity contribution >= 4 is 11.9 Å². The van der Waals surface area contributed by atoms with E-state index in [1.807, 2.05) is 11.6 Å². The first-order valence-corrected chi connectivity index (χ1v) is 8.28. The van der Waals surface area contributed by atoms with Crippen LogP contribution in [0.25, 0.3) is 0 Å². The number of carbonyl (C=O) groups excluding carboxylic acids is 1. The molecule has 0 spiro atoms. The molecule has 0 radical (unpaired) electrons. The maximum absolute atomic E-state index is 12.6. The predicted molar refractivity (Wildman–Crippen MR) is 90.3 cm³/mol. The lowest BCUT2D eigenvalue weighted by Gasteiger charge is -2.23. The molecular weight excluding hydrogens is 322 g/mol. The number of hydrogen-bond acceptors (Lipinski definition) is 4. The van der Waals surface area contributed by atoms with Gasteiger partial charge in [0, 0.05) is 18.9 Å². The Kier molecular flexibility index (Phi) is 5.14. The molecule has 0 saturated carbocycles. The SMILES string of the molecule is Cc1c(C(=O)N[C@H](C(=O)O)c2ccccc2)cnn1C1CCOCC1. The van der Waals surface area contributed by atoms with Crippen LogP contribution in [0.1, 0.15) is 46.5 Å². The van der Waals surface area contributed by atoms with Crippen molar-refractivity contribution in [3.63, 3.8) is 0 Å². The van der Waals surface area contributed by atoms with E-state index < -0.39 is 17.9 Å². The van der Waals surface area contributed by atoms with E-state index in [0.717, 1.165) is 18.5 Å². The van der Waals surface area contributed by atoms with Crippen LogP contribution in [-0.4, -0.2) is 40.0 Å². The molecule has 7 nitrogen and oxygen atoms in total. The average molecular weight is 343 g/mol. The number of aromatic nitrogens is 2. The number of carboxylic acid groups (broad SMARTS) is 1. The lowest BCUT2D eigenvalue weighted by molar-refractivity contribution is -0.139. The summed E-state index contributed by atoms with van der Waals surface area (Å²) in [5.41, 5.74) is 1.66. The van der Waals surface area contributed by atoms with E-state index in [4.69, 9.17) is 4.74 Å². The molecule has 7 heteroatoms. The largest absolute Gasteiger partial charge is 0.479 e. The van der Waals surface area contributed by atoms with Crippen molar-refractivity contribution in [1.29, 1.82) is 0 Å². The van der Waals surface area contributed by atoms with Gasteiger partial charge < -0.3 is 15.2 Å². The van der Waals surface area contributed by atoms with Gasteiger partial charge in [0.05, 0.1) is 17.8 Å². The molecule has 3 rings (SSSR count). The molecule has 1 amide bonds. The van der Waals surface area contributed by atoms with Gasteiger partial charge in [-0.2, -0.15) is 5.10 Å². The second kappa shape index (κ2) is 7.48. The van der Waals surface area contributed by atoms with Crippen molar-refractivity contribution in [3.05, 3.63) is 53.3 Å². The summed E-state index contributed by atoms with van der Waals surface area (Å²) in [5.74, 6) is -1.54. The Hall–Kier alpha value is -2.67. The molecular formula is C18H21N3O4. The van der Waals surface area contributed by atoms with Gasteiger partial charge in [-0.3, -0.25) is 9.48 Å². The minimum atomic E-state index is -1.10. The molecule has 0 unspecified atom stereocenters. The van der Waals surface area contributed by atoms with Gasteiger partial charge >= 0.3 is 5.97 Å². The van der Waals surface area contributed by atoms with Crippen molar-refractivity contribution in [2.75, 3.05) is 13.2 Å². The van der Waals surface area contributed by atoms with E-state index >= 15 is 0 Å². The van der Waals surface area contributed by atoms with E-state index in [2.05, 4.69) is 10.4 Å². The second-order valence-electron chi connectivity index (χ2n) is 6.09. The fraction of sp³-hybridized carbons (Fsp3) is 0.389. The van der Waals surface area contributed by atoms with Crippen molar-refractivity contribution in [2.24, 2.45) is 0 Å². The number of rotatable bonds is 5. The fourth-order valence-corrected chi connectivity index (χ4v) is 3.09. The minimum absolute atomic E-state index is 0.208. The van der Waals surface area contributed by atoms with E-state index in [-0.39, 0.29) is 6.04 Å². The Morgan fingerprint density at radius 1 is 1.28 bits per heavy atom. The number of amides is 1. The summed E-state index contributed by atoms with van der Waals surface area (Å²) in [6.07, 6.45) is 3.21. The van der Waals surface area contributed by atoms with Crippen LogP contribution in [0.15, 0.2) is 36.5 Å². The highest BCUT2D eigenvalue weighted by Crippen LogP contribution is 2.23. The molecule has 1 aromatic heterocycles. The highest BCUT2D eigenvalue weighted by molar-refractivity contribution is 5.97. The summed E-state index contributed by atoms with van der Waals surface area (Å²) in [7, 11) is 0. The monoisotopic (exact) mass is 343 g/mol. The quantitative estimate of drug-likeness (QED) is 0.867. The van der Waals surface area contributed by atoms with Gasteiger partial charge in [0.2, 0.25) is 0 Å². The third-order valence-electron chi connectivity index (χ3n) is 4.48. The van der Waals surface area contributed by atoms with Gasteiger partial charge in [-0.25, -0.2) is 4.79 Å². The Morgan fingerprint density at radius 3 is 2.60 bits per heavy atom. The average Bonchev–Trinajstić information content (AvgIpc) is 3.02. The van der Waals surface area contributed by atoms with E-state index in [1.54, 1.807) is 30.3 Å². The maximum atomic E-state index is 12.6. The zero-order chi connectivity index (χ0) is 17.8. The maximum Gasteiger partial charge on any atom is 0.330 e. The fourth-order valence-electron chi connectivity index (χ4n) is 3.09. The van der Waals surface area contributed by atoms with Crippen molar-refractivity contribution < 1.29 is 19.4 Å². The zero-order valence-corrected chi connectivity index (χ0v) is 14.0. The number of benzene rings is 1. The van der Waals surface area contributed by atoms with Gasteiger partial charge in [-0.15, -0.1) is 0 Å². The highest BCUT2D eigenvalue weighted by atomic mass is 16.5. The van der Waals surface area contributed by atoms with E-state index in [9.17, 15) is 14.7 Å². The number of nitrogens with zero attached hydrogens (tertiary/aromatic N) is 2. The van der Waals surface area contributed by atoms with Gasteiger partial charge in [-0.1, -0.05) is 30.3 Å². The van der Waals surface area contributed by atoms with E-state index in [0.29, 0.717) is 24.3 Å². The molecule has 2 heterocycles. The van der Waals surface area contributed by atoms with Crippen LogP contribution in [0.4, 0.5) is 0 Å². The van der Waals surface area contributed by atoms with Gasteiger partial charge in [0.25, 0.3) is 5.91 Å². The molecule has 2 N–H and O–H groups in total. The van der Waals surface area contributed by atoms with Crippen molar-refractivity contribution in [2.45, 2.75) is 31.8 Å². The molecule has 1 fully saturated rings. The second-order valence-corrected chi connectivity index (χ2v) is 6.09. The molecule has 0 aliphatic carbocycles. The Balaban J connectivity index is 1.78. The van der Waals surface area contributed by atoms with Crippen LogP contribution in [0.5, 0.6) is 0 Å². The number of carboxylic acids is 1. The molecule has 0 bridgehead atoms. The van der Waals surface area contributed by atoms with Crippen LogP contribution in [0, 0.1) is 6.92 Å². The molecule has 1 aromatic carbocycles. The molecule has 25 heavy (non-hydrogen) atoms. The summed E-state index contributed by atoms with van der Waals surface area (Å²) in [6, 6.07) is 7.75. The standard InChI is InChI=1S/C18H21N3O4/c1-12-15(11-19-21(12)14-7-9-25-10-8-14)17(22)20-16(18(23)24)13-5-3-2-4-6-13/h2-6,11,14,16H,7-10H2,1H3,(H,20,22)(H,23,24)/t16-/m0/s1. The van der Waals surface area contributed by atoms with Crippen LogP contribution in [0.3, 0.4) is 0 Å². The van der Waals surface area contributed by atoms with Crippen LogP contribution in [-0.2, 0) is 9.53 Å². The van der Waals surface area contributed by atoms with E-state index in [1.165, 1.54) is 6.20 Å². The topological polar surface area (TPSA) is 93.5 Å². The predicted octanol–water partition coefficient (Wildman–Crippen LogP) is 2.10. The number of ether oxygens (including phenoxy) is 1. The first-order valence-electron chi connectivity index (χ1n) is 8.28. The zero-order valence-electron chi connectivity index (χ0n) is 14.0. The molecule has 2 aromatic rings. The summed E-state index contributed by atoms with van der Waals surface area (Å²) in [4.78, 5) is 24.2. The third kappa shape index (κ3) is 3.71. The summed E-state index contributed by atoms with van der Waals surface area (Å²) < 4.78 is 7.20. The van der Waals surface area contributed by atoms with Gasteiger partial charge in [-0.05, 0) is 25.3 Å². The highest BCUT2D eigenvalue weighted by Gasteiger charge is 2.26. The summed E-state index contributed by atoms with van der Waals surface area (Å²) in [5, 5.41) is 16.4. The molecule has 1 aliphatic heterocycles. The smallest absolute Gasteiger partial charge is 0.330 e. The summed E-state index contributed by atoms with van der Waals surface area (Å²) in [6.45, 7) is 3.19. The molecule has 1 aliphatic rings. The summed E-state index contributed by atoms with van der Waals surface area (Å²) >= 11 is 0. The molecule has 1 saturated heterocycles. The Labute approximate surface area is 145 Å². The molecule has 132 valence electrons. The van der Waals surface area contributed by atoms with Crippen LogP contribution in [0.2, 0.25) is 0 Å². The van der Waals surface area contributed by atoms with Crippen molar-refractivity contribution in [3.8, 4) is 0 Å². The Bertz CT molecular complexity index is 751. The van der Waals surface area contributed by atoms with Gasteiger partial charge in [0.15, 0.2) is 6.04 Å². The Morgan fingerprint density at radius 2 is 1.96 bits per heavy atom. The third-order valence-corrected chi connectivity index (χ3v) is 4.48. The lowest BCUT2D eigenvalue weighted by atomic mass is 10.1. The first kappa shape index (κ1) is 17.2. The van der Waals surface area contributed by atoms with Crippen LogP contribution < -0.4 is 5.32 Å². The minimum Gasteiger partial charge on any atom is -0.479 e. The number of carbonyl (C=O) groups is 2. The first-order chi connectivity index (χ1) is 12.1. The van der Waals surface area contributed by atoms with Gasteiger partial charge in [0.1, 0.15) is 0 Å². The number of nitrogens with one attached hydrogen (secondary N) is 1. The molecule has 1 atom stereocenters. The van der Waals surface area contributed by atoms with Crippen LogP contribution >= 0.6 is 0 Å².